The summed E-state index contributed by atoms with van der Waals surface area (Å²) >= 11 is 0. The summed E-state index contributed by atoms with van der Waals surface area (Å²) in [6.07, 6.45) is 2.11. The predicted octanol–water partition coefficient (Wildman–Crippen LogP) is 5.02. The average Bonchev–Trinajstić information content (AvgIpc) is 2.78. The zero-order chi connectivity index (χ0) is 23.5. The molecule has 2 aromatic carbocycles. The molecule has 0 aliphatic heterocycles. The maximum atomic E-state index is 13.3. The van der Waals surface area contributed by atoms with Crippen LogP contribution in [0.3, 0.4) is 0 Å². The van der Waals surface area contributed by atoms with Gasteiger partial charge in [-0.15, -0.1) is 0 Å². The van der Waals surface area contributed by atoms with Crippen LogP contribution in [0, 0.1) is 12.7 Å². The smallest absolute Gasteiger partial charge is 0.243 e. The largest absolute Gasteiger partial charge is 0.494 e. The lowest BCUT2D eigenvalue weighted by Crippen LogP contribution is -2.50. The maximum Gasteiger partial charge on any atom is 0.243 e. The first-order valence-corrected chi connectivity index (χ1v) is 11.4. The SMILES string of the molecule is CC[C@H](C(=O)N[C@@H](C)CC)N(Cc1ccc(F)cc1)C(=O)CCCOc1ccc(C)cc1. The number of ether oxygens (including phenoxy) is 1. The normalized spacial score (nSPS) is 12.7. The molecule has 2 aromatic rings. The van der Waals surface area contributed by atoms with E-state index in [9.17, 15) is 14.0 Å². The molecule has 2 amide bonds. The van der Waals surface area contributed by atoms with Crippen molar-refractivity contribution in [2.75, 3.05) is 6.61 Å². The van der Waals surface area contributed by atoms with Crippen molar-refractivity contribution in [1.82, 2.24) is 10.2 Å². The van der Waals surface area contributed by atoms with E-state index in [1.807, 2.05) is 52.0 Å². The van der Waals surface area contributed by atoms with Crippen molar-refractivity contribution in [3.8, 4) is 5.75 Å². The minimum atomic E-state index is -0.584. The first kappa shape index (κ1) is 25.4. The molecule has 0 bridgehead atoms. The Labute approximate surface area is 191 Å². The van der Waals surface area contributed by atoms with E-state index in [0.29, 0.717) is 19.4 Å². The first-order chi connectivity index (χ1) is 15.3. The minimum absolute atomic E-state index is 0.0298. The van der Waals surface area contributed by atoms with Gasteiger partial charge < -0.3 is 15.0 Å². The van der Waals surface area contributed by atoms with Gasteiger partial charge in [0.1, 0.15) is 17.6 Å². The zero-order valence-electron chi connectivity index (χ0n) is 19.6. The van der Waals surface area contributed by atoms with Crippen molar-refractivity contribution in [3.63, 3.8) is 0 Å². The number of nitrogens with one attached hydrogen (secondary N) is 1. The fourth-order valence-corrected chi connectivity index (χ4v) is 3.34. The van der Waals surface area contributed by atoms with Gasteiger partial charge in [0.05, 0.1) is 6.61 Å². The highest BCUT2D eigenvalue weighted by Crippen LogP contribution is 2.16. The second-order valence-corrected chi connectivity index (χ2v) is 8.16. The molecule has 32 heavy (non-hydrogen) atoms. The van der Waals surface area contributed by atoms with Crippen LogP contribution < -0.4 is 10.1 Å². The van der Waals surface area contributed by atoms with Gasteiger partial charge in [-0.25, -0.2) is 4.39 Å². The third-order valence-electron chi connectivity index (χ3n) is 5.48. The van der Waals surface area contributed by atoms with Gasteiger partial charge in [-0.05, 0) is 62.9 Å². The average molecular weight is 443 g/mol. The van der Waals surface area contributed by atoms with Gasteiger partial charge >= 0.3 is 0 Å². The summed E-state index contributed by atoms with van der Waals surface area (Å²) in [4.78, 5) is 27.6. The van der Waals surface area contributed by atoms with Crippen molar-refractivity contribution >= 4 is 11.8 Å². The van der Waals surface area contributed by atoms with Gasteiger partial charge in [0.2, 0.25) is 11.8 Å². The Morgan fingerprint density at radius 2 is 1.69 bits per heavy atom. The van der Waals surface area contributed by atoms with Crippen molar-refractivity contribution < 1.29 is 18.7 Å². The minimum Gasteiger partial charge on any atom is -0.494 e. The molecule has 1 N–H and O–H groups in total. The number of benzene rings is 2. The van der Waals surface area contributed by atoms with Crippen LogP contribution in [-0.2, 0) is 16.1 Å². The maximum absolute atomic E-state index is 13.3. The Morgan fingerprint density at radius 1 is 1.03 bits per heavy atom. The number of carbonyl (C=O) groups is 2. The molecule has 0 saturated heterocycles. The number of hydrogen-bond acceptors (Lipinski definition) is 3. The summed E-state index contributed by atoms with van der Waals surface area (Å²) < 4.78 is 19.1. The highest BCUT2D eigenvalue weighted by molar-refractivity contribution is 5.87. The number of rotatable bonds is 12. The number of hydrogen-bond donors (Lipinski definition) is 1. The fourth-order valence-electron chi connectivity index (χ4n) is 3.34. The summed E-state index contributed by atoms with van der Waals surface area (Å²) in [6, 6.07) is 13.3. The molecular weight excluding hydrogens is 407 g/mol. The lowest BCUT2D eigenvalue weighted by molar-refractivity contribution is -0.141. The molecule has 6 heteroatoms. The second kappa shape index (κ2) is 12.8. The molecule has 5 nitrogen and oxygen atoms in total. The Morgan fingerprint density at radius 3 is 2.28 bits per heavy atom. The molecule has 0 unspecified atom stereocenters. The van der Waals surface area contributed by atoms with Gasteiger partial charge in [-0.2, -0.15) is 0 Å². The van der Waals surface area contributed by atoms with Crippen molar-refractivity contribution in [1.29, 1.82) is 0 Å². The number of carbonyl (C=O) groups excluding carboxylic acids is 2. The van der Waals surface area contributed by atoms with E-state index in [2.05, 4.69) is 5.32 Å². The fraction of sp³-hybridized carbons (Fsp3) is 0.462. The van der Waals surface area contributed by atoms with Gasteiger partial charge in [-0.3, -0.25) is 9.59 Å². The first-order valence-electron chi connectivity index (χ1n) is 11.4. The number of aryl methyl sites for hydroxylation is 1. The van der Waals surface area contributed by atoms with Crippen molar-refractivity contribution in [2.45, 2.75) is 72.0 Å². The topological polar surface area (TPSA) is 58.6 Å². The van der Waals surface area contributed by atoms with Gasteiger partial charge in [0.15, 0.2) is 0 Å². The lowest BCUT2D eigenvalue weighted by Gasteiger charge is -2.31. The number of nitrogens with zero attached hydrogens (tertiary/aromatic N) is 1. The molecular formula is C26H35FN2O3. The Balaban J connectivity index is 2.05. The van der Waals surface area contributed by atoms with Gasteiger partial charge in [0.25, 0.3) is 0 Å². The summed E-state index contributed by atoms with van der Waals surface area (Å²) in [5.41, 5.74) is 1.94. The standard InChI is InChI=1S/C26H35FN2O3/c1-5-20(4)28-26(31)24(6-2)29(18-21-11-13-22(27)14-12-21)25(30)8-7-17-32-23-15-9-19(3)10-16-23/h9-16,20,24H,5-8,17-18H2,1-4H3,(H,28,31)/t20-,24+/m0/s1. The van der Waals surface area contributed by atoms with Crippen LogP contribution in [0.15, 0.2) is 48.5 Å². The highest BCUT2D eigenvalue weighted by atomic mass is 19.1. The van der Waals surface area contributed by atoms with Crippen LogP contribution in [0.2, 0.25) is 0 Å². The summed E-state index contributed by atoms with van der Waals surface area (Å²) in [7, 11) is 0. The van der Waals surface area contributed by atoms with Crippen LogP contribution in [0.1, 0.15) is 57.6 Å². The van der Waals surface area contributed by atoms with Crippen molar-refractivity contribution in [2.24, 2.45) is 0 Å². The predicted molar refractivity (Wildman–Crippen MR) is 125 cm³/mol. The zero-order valence-corrected chi connectivity index (χ0v) is 19.6. The molecule has 0 aliphatic carbocycles. The van der Waals surface area contributed by atoms with E-state index >= 15 is 0 Å². The molecule has 2 rings (SSSR count). The Bertz CT molecular complexity index is 852. The highest BCUT2D eigenvalue weighted by Gasteiger charge is 2.28. The third-order valence-corrected chi connectivity index (χ3v) is 5.48. The van der Waals surface area contributed by atoms with E-state index in [1.165, 1.54) is 12.1 Å². The molecule has 174 valence electrons. The van der Waals surface area contributed by atoms with E-state index in [-0.39, 0.29) is 36.6 Å². The quantitative estimate of drug-likeness (QED) is 0.470. The van der Waals surface area contributed by atoms with Crippen LogP contribution in [-0.4, -0.2) is 35.4 Å². The molecule has 0 aliphatic rings. The van der Waals surface area contributed by atoms with Gasteiger partial charge in [0, 0.05) is 19.0 Å². The summed E-state index contributed by atoms with van der Waals surface area (Å²) in [6.45, 7) is 8.52. The monoisotopic (exact) mass is 442 g/mol. The molecule has 0 spiro atoms. The Hall–Kier alpha value is -2.89. The van der Waals surface area contributed by atoms with Crippen LogP contribution in [0.5, 0.6) is 5.75 Å². The van der Waals surface area contributed by atoms with Crippen LogP contribution >= 0.6 is 0 Å². The lowest BCUT2D eigenvalue weighted by atomic mass is 10.1. The van der Waals surface area contributed by atoms with E-state index in [4.69, 9.17) is 4.74 Å². The van der Waals surface area contributed by atoms with Gasteiger partial charge in [-0.1, -0.05) is 43.7 Å². The summed E-state index contributed by atoms with van der Waals surface area (Å²) in [5, 5.41) is 2.99. The molecule has 0 saturated carbocycles. The number of halogens is 1. The van der Waals surface area contributed by atoms with Crippen LogP contribution in [0.4, 0.5) is 4.39 Å². The van der Waals surface area contributed by atoms with E-state index in [0.717, 1.165) is 23.3 Å². The molecule has 0 aromatic heterocycles. The Kier molecular flexibility index (Phi) is 10.2. The molecule has 0 radical (unpaired) electrons. The molecule has 0 heterocycles. The van der Waals surface area contributed by atoms with Crippen LogP contribution in [0.25, 0.3) is 0 Å². The summed E-state index contributed by atoms with van der Waals surface area (Å²) in [5.74, 6) is 0.160. The van der Waals surface area contributed by atoms with E-state index < -0.39 is 6.04 Å². The molecule has 0 fully saturated rings. The molecule has 2 atom stereocenters. The van der Waals surface area contributed by atoms with Crippen molar-refractivity contribution in [3.05, 3.63) is 65.5 Å². The number of amides is 2. The second-order valence-electron chi connectivity index (χ2n) is 8.16. The van der Waals surface area contributed by atoms with E-state index in [1.54, 1.807) is 17.0 Å². The third kappa shape index (κ3) is 7.98.